The summed E-state index contributed by atoms with van der Waals surface area (Å²) in [5, 5.41) is 4.14. The molecule has 0 amide bonds. The van der Waals surface area contributed by atoms with Crippen LogP contribution >= 0.6 is 0 Å². The number of ether oxygens (including phenoxy) is 2. The van der Waals surface area contributed by atoms with Gasteiger partial charge in [0.2, 0.25) is 0 Å². The molecule has 0 N–H and O–H groups in total. The van der Waals surface area contributed by atoms with Crippen molar-refractivity contribution < 1.29 is 36.2 Å². The first-order valence-electron chi connectivity index (χ1n) is 10.7. The molecule has 1 atom stereocenters. The molecule has 0 unspecified atom stereocenters. The molecule has 0 aliphatic heterocycles. The highest BCUT2D eigenvalue weighted by molar-refractivity contribution is 6.02. The van der Waals surface area contributed by atoms with Crippen molar-refractivity contribution in [3.63, 3.8) is 0 Å². The Kier molecular flexibility index (Phi) is 6.70. The lowest BCUT2D eigenvalue weighted by Crippen LogP contribution is -2.23. The van der Waals surface area contributed by atoms with E-state index in [0.717, 1.165) is 24.1 Å². The highest BCUT2D eigenvalue weighted by Gasteiger charge is 2.38. The van der Waals surface area contributed by atoms with Gasteiger partial charge < -0.3 is 9.47 Å². The Morgan fingerprint density at radius 1 is 1.11 bits per heavy atom. The van der Waals surface area contributed by atoms with Gasteiger partial charge in [0.15, 0.2) is 5.78 Å². The third-order valence-corrected chi connectivity index (χ3v) is 5.68. The molecule has 0 aliphatic carbocycles. The molecule has 190 valence electrons. The number of imidazole rings is 1. The van der Waals surface area contributed by atoms with E-state index in [4.69, 9.17) is 4.74 Å². The van der Waals surface area contributed by atoms with E-state index >= 15 is 0 Å². The number of carbonyl (C=O) groups is 1. The molecule has 12 heteroatoms. The standard InChI is InChI=1S/C24H21F5N4O3/c1-13(24(27,28)29)6-19(34)22-20(35-3)8-16(9-21(22)36-23(25)26)33-12-30-17-7-14(4-5-18(17)33)15-10-31-32(2)11-15/h4-5,7-13,23H,6H2,1-3H3/t13-/m0/s1. The summed E-state index contributed by atoms with van der Waals surface area (Å²) >= 11 is 0. The number of Topliss-reactive ketones (excluding diaryl/α,β-unsaturated/α-hetero) is 1. The van der Waals surface area contributed by atoms with Crippen LogP contribution in [0, 0.1) is 5.92 Å². The van der Waals surface area contributed by atoms with Gasteiger partial charge in [0, 0.05) is 37.4 Å². The van der Waals surface area contributed by atoms with Crippen molar-refractivity contribution in [2.75, 3.05) is 7.11 Å². The monoisotopic (exact) mass is 508 g/mol. The van der Waals surface area contributed by atoms with E-state index in [9.17, 15) is 26.7 Å². The first kappa shape index (κ1) is 25.1. The van der Waals surface area contributed by atoms with Gasteiger partial charge in [0.25, 0.3) is 0 Å². The zero-order valence-corrected chi connectivity index (χ0v) is 19.4. The maximum absolute atomic E-state index is 13.2. The number of carbonyl (C=O) groups excluding carboxylic acids is 1. The minimum Gasteiger partial charge on any atom is -0.496 e. The molecule has 0 saturated carbocycles. The minimum absolute atomic E-state index is 0.198. The Balaban J connectivity index is 1.78. The maximum atomic E-state index is 13.2. The summed E-state index contributed by atoms with van der Waals surface area (Å²) in [6, 6.07) is 7.94. The number of halogens is 5. The van der Waals surface area contributed by atoms with E-state index in [0.29, 0.717) is 11.0 Å². The van der Waals surface area contributed by atoms with Gasteiger partial charge in [0.05, 0.1) is 35.9 Å². The molecular formula is C24H21F5N4O3. The van der Waals surface area contributed by atoms with Gasteiger partial charge in [0.1, 0.15) is 23.4 Å². The highest BCUT2D eigenvalue weighted by atomic mass is 19.4. The number of benzene rings is 2. The normalized spacial score (nSPS) is 12.8. The number of aryl methyl sites for hydroxylation is 1. The molecule has 4 aromatic rings. The Morgan fingerprint density at radius 3 is 2.44 bits per heavy atom. The van der Waals surface area contributed by atoms with Crippen molar-refractivity contribution in [1.82, 2.24) is 19.3 Å². The minimum atomic E-state index is -4.63. The fourth-order valence-corrected chi connectivity index (χ4v) is 3.80. The van der Waals surface area contributed by atoms with Crippen LogP contribution in [0.5, 0.6) is 11.5 Å². The molecule has 2 aromatic heterocycles. The molecule has 0 saturated heterocycles. The lowest BCUT2D eigenvalue weighted by atomic mass is 9.97. The van der Waals surface area contributed by atoms with Crippen molar-refractivity contribution in [2.45, 2.75) is 26.1 Å². The highest BCUT2D eigenvalue weighted by Crippen LogP contribution is 2.38. The van der Waals surface area contributed by atoms with Crippen LogP contribution in [0.4, 0.5) is 22.0 Å². The van der Waals surface area contributed by atoms with Crippen molar-refractivity contribution in [2.24, 2.45) is 13.0 Å². The fraction of sp³-hybridized carbons (Fsp3) is 0.292. The lowest BCUT2D eigenvalue weighted by molar-refractivity contribution is -0.168. The van der Waals surface area contributed by atoms with Crippen LogP contribution < -0.4 is 9.47 Å². The van der Waals surface area contributed by atoms with Crippen molar-refractivity contribution in [1.29, 1.82) is 0 Å². The van der Waals surface area contributed by atoms with E-state index < -0.39 is 42.2 Å². The number of rotatable bonds is 8. The summed E-state index contributed by atoms with van der Waals surface area (Å²) in [6.07, 6.45) is -0.592. The Morgan fingerprint density at radius 2 is 1.83 bits per heavy atom. The predicted octanol–water partition coefficient (Wildman–Crippen LogP) is 5.81. The molecule has 36 heavy (non-hydrogen) atoms. The Hall–Kier alpha value is -3.96. The second-order valence-corrected chi connectivity index (χ2v) is 8.19. The second kappa shape index (κ2) is 9.59. The van der Waals surface area contributed by atoms with Crippen LogP contribution in [0.2, 0.25) is 0 Å². The third-order valence-electron chi connectivity index (χ3n) is 5.68. The van der Waals surface area contributed by atoms with E-state index in [2.05, 4.69) is 14.8 Å². The van der Waals surface area contributed by atoms with E-state index in [1.807, 2.05) is 18.3 Å². The van der Waals surface area contributed by atoms with Gasteiger partial charge in [-0.2, -0.15) is 27.1 Å². The van der Waals surface area contributed by atoms with Gasteiger partial charge >= 0.3 is 12.8 Å². The number of fused-ring (bicyclic) bond motifs is 1. The van der Waals surface area contributed by atoms with Gasteiger partial charge in [-0.25, -0.2) is 4.98 Å². The summed E-state index contributed by atoms with van der Waals surface area (Å²) in [5.74, 6) is -3.81. The maximum Gasteiger partial charge on any atom is 0.391 e. The summed E-state index contributed by atoms with van der Waals surface area (Å²) < 4.78 is 78.4. The second-order valence-electron chi connectivity index (χ2n) is 8.19. The first-order valence-corrected chi connectivity index (χ1v) is 10.7. The fourth-order valence-electron chi connectivity index (χ4n) is 3.80. The van der Waals surface area contributed by atoms with Crippen LogP contribution in [0.3, 0.4) is 0 Å². The van der Waals surface area contributed by atoms with Gasteiger partial charge in [-0.05, 0) is 17.7 Å². The number of nitrogens with zero attached hydrogens (tertiary/aromatic N) is 4. The molecule has 2 heterocycles. The number of ketones is 1. The molecule has 0 spiro atoms. The van der Waals surface area contributed by atoms with Gasteiger partial charge in [-0.1, -0.05) is 13.0 Å². The summed E-state index contributed by atoms with van der Waals surface area (Å²) in [6.45, 7) is -2.48. The largest absolute Gasteiger partial charge is 0.496 e. The Labute approximate surface area is 202 Å². The van der Waals surface area contributed by atoms with Crippen LogP contribution in [0.15, 0.2) is 49.1 Å². The molecular weight excluding hydrogens is 487 g/mol. The van der Waals surface area contributed by atoms with Crippen LogP contribution in [0.25, 0.3) is 27.8 Å². The molecule has 0 fully saturated rings. The average Bonchev–Trinajstić information content (AvgIpc) is 3.43. The number of alkyl halides is 5. The lowest BCUT2D eigenvalue weighted by Gasteiger charge is -2.19. The van der Waals surface area contributed by atoms with Crippen LogP contribution in [0.1, 0.15) is 23.7 Å². The van der Waals surface area contributed by atoms with Crippen LogP contribution in [-0.2, 0) is 7.05 Å². The third kappa shape index (κ3) is 5.02. The number of hydrogen-bond acceptors (Lipinski definition) is 5. The molecule has 4 rings (SSSR count). The first-order chi connectivity index (χ1) is 17.0. The molecule has 7 nitrogen and oxygen atoms in total. The number of methoxy groups -OCH3 is 1. The SMILES string of the molecule is COc1cc(-n2cnc3cc(-c4cnn(C)c4)ccc32)cc(OC(F)F)c1C(=O)C[C@H](C)C(F)(F)F. The van der Waals surface area contributed by atoms with E-state index in [1.165, 1.54) is 19.5 Å². The van der Waals surface area contributed by atoms with E-state index in [-0.39, 0.29) is 11.4 Å². The van der Waals surface area contributed by atoms with Crippen molar-refractivity contribution >= 4 is 16.8 Å². The molecule has 0 bridgehead atoms. The zero-order chi connectivity index (χ0) is 26.2. The smallest absolute Gasteiger partial charge is 0.391 e. The van der Waals surface area contributed by atoms with Crippen molar-refractivity contribution in [3.05, 3.63) is 54.6 Å². The van der Waals surface area contributed by atoms with Crippen LogP contribution in [-0.4, -0.2) is 45.0 Å². The molecule has 2 aromatic carbocycles. The molecule has 0 aliphatic rings. The van der Waals surface area contributed by atoms with E-state index in [1.54, 1.807) is 28.6 Å². The van der Waals surface area contributed by atoms with Gasteiger partial charge in [-0.15, -0.1) is 0 Å². The number of aromatic nitrogens is 4. The average molecular weight is 508 g/mol. The number of hydrogen-bond donors (Lipinski definition) is 0. The quantitative estimate of drug-likeness (QED) is 0.222. The Bertz CT molecular complexity index is 1410. The van der Waals surface area contributed by atoms with Crippen molar-refractivity contribution in [3.8, 4) is 28.3 Å². The topological polar surface area (TPSA) is 71.2 Å². The predicted molar refractivity (Wildman–Crippen MR) is 121 cm³/mol. The zero-order valence-electron chi connectivity index (χ0n) is 19.4. The summed E-state index contributed by atoms with van der Waals surface area (Å²) in [7, 11) is 2.98. The summed E-state index contributed by atoms with van der Waals surface area (Å²) in [4.78, 5) is 17.1. The van der Waals surface area contributed by atoms with Gasteiger partial charge in [-0.3, -0.25) is 14.0 Å². The summed E-state index contributed by atoms with van der Waals surface area (Å²) in [5.41, 5.74) is 2.71. The molecule has 0 radical (unpaired) electrons.